The van der Waals surface area contributed by atoms with E-state index in [0.717, 1.165) is 22.3 Å². The lowest BCUT2D eigenvalue weighted by atomic mass is 10.1. The van der Waals surface area contributed by atoms with Crippen molar-refractivity contribution >= 4 is 32.5 Å². The second kappa shape index (κ2) is 10.1. The number of para-hydroxylation sites is 1. The van der Waals surface area contributed by atoms with Crippen molar-refractivity contribution in [1.82, 2.24) is 24.2 Å². The monoisotopic (exact) mass is 499 g/mol. The predicted molar refractivity (Wildman–Crippen MR) is 133 cm³/mol. The summed E-state index contributed by atoms with van der Waals surface area (Å²) in [6, 6.07) is 7.74. The first-order valence-corrected chi connectivity index (χ1v) is 12.8. The van der Waals surface area contributed by atoms with Crippen LogP contribution in [0, 0.1) is 6.92 Å². The van der Waals surface area contributed by atoms with Gasteiger partial charge >= 0.3 is 0 Å². The summed E-state index contributed by atoms with van der Waals surface area (Å²) in [6.07, 6.45) is 9.00. The van der Waals surface area contributed by atoms with Crippen molar-refractivity contribution in [2.75, 3.05) is 0 Å². The molecule has 1 atom stereocenters. The Bertz CT molecular complexity index is 1410. The third-order valence-corrected chi connectivity index (χ3v) is 7.99. The molecule has 178 valence electrons. The quantitative estimate of drug-likeness (QED) is 0.362. The van der Waals surface area contributed by atoms with Gasteiger partial charge in [-0.25, -0.2) is 23.1 Å². The fraction of sp³-hybridized carbons (Fsp3) is 0.292. The number of hydrogen-bond acceptors (Lipinski definition) is 6. The van der Waals surface area contributed by atoms with Gasteiger partial charge in [-0.15, -0.1) is 0 Å². The van der Waals surface area contributed by atoms with Crippen molar-refractivity contribution in [1.29, 1.82) is 0 Å². The van der Waals surface area contributed by atoms with Crippen LogP contribution in [0.2, 0.25) is 5.02 Å². The molecule has 10 heteroatoms. The van der Waals surface area contributed by atoms with Crippen LogP contribution in [0.3, 0.4) is 0 Å². The number of aromatic nitrogens is 4. The summed E-state index contributed by atoms with van der Waals surface area (Å²) in [7, 11) is -3.44. The lowest BCUT2D eigenvalue weighted by Crippen LogP contribution is -2.32. The maximum atomic E-state index is 12.4. The third-order valence-electron chi connectivity index (χ3n) is 5.73. The Morgan fingerprint density at radius 3 is 2.79 bits per heavy atom. The first kappa shape index (κ1) is 24.1. The van der Waals surface area contributed by atoms with Gasteiger partial charge in [0.2, 0.25) is 10.0 Å². The molecule has 0 aliphatic heterocycles. The Hall–Kier alpha value is -3.01. The van der Waals surface area contributed by atoms with E-state index in [2.05, 4.69) is 14.7 Å². The van der Waals surface area contributed by atoms with Gasteiger partial charge in [0.25, 0.3) is 0 Å². The molecule has 0 amide bonds. The molecule has 3 heterocycles. The van der Waals surface area contributed by atoms with Crippen molar-refractivity contribution in [3.05, 3.63) is 77.2 Å². The number of hydrogen-bond donors (Lipinski definition) is 1. The molecule has 0 saturated heterocycles. The fourth-order valence-electron chi connectivity index (χ4n) is 3.57. The normalized spacial score (nSPS) is 12.7. The molecule has 34 heavy (non-hydrogen) atoms. The lowest BCUT2D eigenvalue weighted by Gasteiger charge is -2.16. The Balaban J connectivity index is 1.63. The fourth-order valence-corrected chi connectivity index (χ4v) is 4.88. The van der Waals surface area contributed by atoms with E-state index in [1.807, 2.05) is 48.9 Å². The lowest BCUT2D eigenvalue weighted by molar-refractivity contribution is 0.308. The average molecular weight is 500 g/mol. The number of pyridine rings is 2. The summed E-state index contributed by atoms with van der Waals surface area (Å²) in [4.78, 5) is 13.0. The molecule has 0 radical (unpaired) electrons. The average Bonchev–Trinajstić information content (AvgIpc) is 3.36. The van der Waals surface area contributed by atoms with Crippen LogP contribution in [0.5, 0.6) is 5.75 Å². The van der Waals surface area contributed by atoms with Gasteiger partial charge < -0.3 is 9.30 Å². The topological polar surface area (TPSA) is 99.0 Å². The number of rotatable bonds is 9. The van der Waals surface area contributed by atoms with Gasteiger partial charge in [0, 0.05) is 48.0 Å². The highest BCUT2D eigenvalue weighted by molar-refractivity contribution is 7.90. The molecule has 0 aliphatic rings. The highest BCUT2D eigenvalue weighted by atomic mass is 35.5. The van der Waals surface area contributed by atoms with Crippen molar-refractivity contribution in [2.45, 2.75) is 45.6 Å². The van der Waals surface area contributed by atoms with Crippen LogP contribution >= 0.6 is 11.6 Å². The molecule has 8 nitrogen and oxygen atoms in total. The number of imidazole rings is 1. The summed E-state index contributed by atoms with van der Waals surface area (Å²) in [6.45, 7) is 5.66. The zero-order chi connectivity index (χ0) is 24.3. The van der Waals surface area contributed by atoms with Gasteiger partial charge in [0.05, 0.1) is 22.3 Å². The zero-order valence-electron chi connectivity index (χ0n) is 19.2. The van der Waals surface area contributed by atoms with E-state index in [4.69, 9.17) is 21.3 Å². The zero-order valence-corrected chi connectivity index (χ0v) is 20.8. The number of benzene rings is 1. The molecule has 0 saturated carbocycles. The number of aryl methyl sites for hydroxylation is 1. The number of sulfonamides is 1. The van der Waals surface area contributed by atoms with Crippen molar-refractivity contribution in [2.24, 2.45) is 0 Å². The minimum atomic E-state index is -3.44. The van der Waals surface area contributed by atoms with E-state index < -0.39 is 15.3 Å². The van der Waals surface area contributed by atoms with Crippen LogP contribution in [-0.4, -0.2) is 33.2 Å². The molecule has 1 aromatic carbocycles. The van der Waals surface area contributed by atoms with Crippen molar-refractivity contribution in [3.8, 4) is 11.4 Å². The number of nitrogens with one attached hydrogen (secondary N) is 1. The van der Waals surface area contributed by atoms with Crippen molar-refractivity contribution in [3.63, 3.8) is 0 Å². The van der Waals surface area contributed by atoms with E-state index in [-0.39, 0.29) is 13.2 Å². The van der Waals surface area contributed by atoms with E-state index in [1.54, 1.807) is 25.6 Å². The Morgan fingerprint density at radius 1 is 1.24 bits per heavy atom. The Morgan fingerprint density at radius 2 is 2.06 bits per heavy atom. The van der Waals surface area contributed by atoms with Gasteiger partial charge in [-0.1, -0.05) is 30.7 Å². The molecule has 0 spiro atoms. The van der Waals surface area contributed by atoms with Gasteiger partial charge in [-0.3, -0.25) is 4.98 Å². The number of fused-ring (bicyclic) bond motifs is 1. The molecule has 4 aromatic rings. The first-order valence-electron chi connectivity index (χ1n) is 10.9. The second-order valence-electron chi connectivity index (χ2n) is 8.04. The Labute approximate surface area is 204 Å². The largest absolute Gasteiger partial charge is 0.487 e. The van der Waals surface area contributed by atoms with Gasteiger partial charge in [0.15, 0.2) is 0 Å². The predicted octanol–water partition coefficient (Wildman–Crippen LogP) is 4.57. The standard InChI is InChI=1S/C24H26ClN5O3S/c1-4-17(3)34(31,32)28-12-18-11-27-13-21(25)20(18)14-33-23-7-5-6-19-22(30-9-8-26-15-30)10-16(2)29-24(19)23/h5-11,13,15,17,28H,4,12,14H2,1-3H3. The summed E-state index contributed by atoms with van der Waals surface area (Å²) >= 11 is 6.43. The molecule has 0 aliphatic carbocycles. The molecular formula is C24H26ClN5O3S. The van der Waals surface area contributed by atoms with Crippen LogP contribution < -0.4 is 9.46 Å². The Kier molecular flexibility index (Phi) is 7.16. The van der Waals surface area contributed by atoms with Crippen LogP contribution in [-0.2, 0) is 23.2 Å². The second-order valence-corrected chi connectivity index (χ2v) is 10.6. The molecule has 1 unspecified atom stereocenters. The number of ether oxygens (including phenoxy) is 1. The summed E-state index contributed by atoms with van der Waals surface area (Å²) in [5, 5.41) is 0.834. The highest BCUT2D eigenvalue weighted by Crippen LogP contribution is 2.30. The molecule has 0 fully saturated rings. The first-order chi connectivity index (χ1) is 16.3. The maximum Gasteiger partial charge on any atom is 0.214 e. The molecule has 0 bridgehead atoms. The number of nitrogens with zero attached hydrogens (tertiary/aromatic N) is 4. The van der Waals surface area contributed by atoms with Crippen molar-refractivity contribution < 1.29 is 13.2 Å². The highest BCUT2D eigenvalue weighted by Gasteiger charge is 2.20. The molecule has 4 rings (SSSR count). The summed E-state index contributed by atoms with van der Waals surface area (Å²) < 4.78 is 35.6. The summed E-state index contributed by atoms with van der Waals surface area (Å²) in [5.41, 5.74) is 3.84. The van der Waals surface area contributed by atoms with Crippen LogP contribution in [0.15, 0.2) is 55.4 Å². The molecular weight excluding hydrogens is 474 g/mol. The minimum absolute atomic E-state index is 0.0800. The maximum absolute atomic E-state index is 12.4. The van der Waals surface area contributed by atoms with E-state index in [9.17, 15) is 8.42 Å². The summed E-state index contributed by atoms with van der Waals surface area (Å²) in [5.74, 6) is 0.599. The molecule has 1 N–H and O–H groups in total. The van der Waals surface area contributed by atoms with Crippen LogP contribution in [0.25, 0.3) is 16.6 Å². The minimum Gasteiger partial charge on any atom is -0.487 e. The van der Waals surface area contributed by atoms with E-state index in [1.165, 1.54) is 6.20 Å². The van der Waals surface area contributed by atoms with Gasteiger partial charge in [-0.05, 0) is 38.0 Å². The van der Waals surface area contributed by atoms with Crippen LogP contribution in [0.4, 0.5) is 0 Å². The SMILES string of the molecule is CCC(C)S(=O)(=O)NCc1cncc(Cl)c1COc1cccc2c(-n3ccnc3)cc(C)nc12. The van der Waals surface area contributed by atoms with Gasteiger partial charge in [0.1, 0.15) is 17.9 Å². The number of halogens is 1. The van der Waals surface area contributed by atoms with E-state index in [0.29, 0.717) is 28.3 Å². The molecule has 3 aromatic heterocycles. The smallest absolute Gasteiger partial charge is 0.214 e. The third kappa shape index (κ3) is 5.06. The van der Waals surface area contributed by atoms with Crippen LogP contribution in [0.1, 0.15) is 37.1 Å². The van der Waals surface area contributed by atoms with E-state index >= 15 is 0 Å². The van der Waals surface area contributed by atoms with Gasteiger partial charge in [-0.2, -0.15) is 0 Å².